The summed E-state index contributed by atoms with van der Waals surface area (Å²) < 4.78 is 0. The van der Waals surface area contributed by atoms with E-state index >= 15 is 0 Å². The summed E-state index contributed by atoms with van der Waals surface area (Å²) in [6.07, 6.45) is 6.02. The van der Waals surface area contributed by atoms with Crippen LogP contribution in [-0.2, 0) is 4.79 Å². The molecule has 0 aromatic rings. The first kappa shape index (κ1) is 11.9. The summed E-state index contributed by atoms with van der Waals surface area (Å²) in [5, 5.41) is 3.30. The molecule has 2 nitrogen and oxygen atoms in total. The fraction of sp³-hybridized carbons (Fsp3) is 0.929. The lowest BCUT2D eigenvalue weighted by Gasteiger charge is -2.37. The summed E-state index contributed by atoms with van der Waals surface area (Å²) in [5.74, 6) is 2.84. The van der Waals surface area contributed by atoms with Gasteiger partial charge in [0, 0.05) is 12.0 Å². The Bertz CT molecular complexity index is 257. The third-order valence-electron chi connectivity index (χ3n) is 4.30. The lowest BCUT2D eigenvalue weighted by Crippen LogP contribution is -2.46. The molecule has 0 heterocycles. The number of amides is 1. The van der Waals surface area contributed by atoms with E-state index in [9.17, 15) is 4.79 Å². The minimum atomic E-state index is 0.324. The van der Waals surface area contributed by atoms with Crippen molar-refractivity contribution in [3.8, 4) is 0 Å². The summed E-state index contributed by atoms with van der Waals surface area (Å²) in [4.78, 5) is 11.8. The van der Waals surface area contributed by atoms with Crippen molar-refractivity contribution < 1.29 is 4.79 Å². The van der Waals surface area contributed by atoms with Crippen LogP contribution in [0.1, 0.15) is 52.9 Å². The van der Waals surface area contributed by atoms with E-state index in [1.165, 1.54) is 19.3 Å². The number of rotatable bonds is 3. The number of nitrogens with one attached hydrogen (secondary N) is 1. The minimum absolute atomic E-state index is 0.324. The van der Waals surface area contributed by atoms with E-state index in [-0.39, 0.29) is 0 Å². The van der Waals surface area contributed by atoms with Gasteiger partial charge in [-0.1, -0.05) is 27.2 Å². The SMILES string of the molecule is CC1CC[C@@H](C(C)C)[C@H](NC(=O)C2CC2)C1. The average molecular weight is 223 g/mol. The highest BCUT2D eigenvalue weighted by Gasteiger charge is 2.35. The standard InChI is InChI=1S/C14H25NO/c1-9(2)12-7-4-10(3)8-13(12)15-14(16)11-5-6-11/h9-13H,4-8H2,1-3H3,(H,15,16)/t10?,12-,13+/m0/s1. The van der Waals surface area contributed by atoms with Crippen LogP contribution in [-0.4, -0.2) is 11.9 Å². The van der Waals surface area contributed by atoms with Crippen molar-refractivity contribution in [1.82, 2.24) is 5.32 Å². The molecule has 0 aliphatic heterocycles. The molecule has 0 aromatic heterocycles. The highest BCUT2D eigenvalue weighted by atomic mass is 16.2. The van der Waals surface area contributed by atoms with Crippen molar-refractivity contribution in [3.63, 3.8) is 0 Å². The smallest absolute Gasteiger partial charge is 0.223 e. The van der Waals surface area contributed by atoms with E-state index in [0.29, 0.717) is 29.7 Å². The molecule has 2 aliphatic carbocycles. The predicted molar refractivity (Wildman–Crippen MR) is 66.0 cm³/mol. The van der Waals surface area contributed by atoms with Crippen molar-refractivity contribution in [2.75, 3.05) is 0 Å². The largest absolute Gasteiger partial charge is 0.353 e. The van der Waals surface area contributed by atoms with Crippen LogP contribution in [0.15, 0.2) is 0 Å². The lowest BCUT2D eigenvalue weighted by atomic mass is 9.74. The van der Waals surface area contributed by atoms with Crippen LogP contribution >= 0.6 is 0 Å². The fourth-order valence-electron chi connectivity index (χ4n) is 3.01. The first-order chi connectivity index (χ1) is 7.58. The Balaban J connectivity index is 1.93. The normalized spacial score (nSPS) is 35.1. The van der Waals surface area contributed by atoms with Gasteiger partial charge >= 0.3 is 0 Å². The Morgan fingerprint density at radius 2 is 1.88 bits per heavy atom. The number of carbonyl (C=O) groups excluding carboxylic acids is 1. The zero-order chi connectivity index (χ0) is 11.7. The first-order valence-corrected chi connectivity index (χ1v) is 6.88. The highest BCUT2D eigenvalue weighted by Crippen LogP contribution is 2.35. The fourth-order valence-corrected chi connectivity index (χ4v) is 3.01. The molecule has 2 aliphatic rings. The summed E-state index contributed by atoms with van der Waals surface area (Å²) in [5.41, 5.74) is 0. The van der Waals surface area contributed by atoms with Gasteiger partial charge in [0.05, 0.1) is 0 Å². The van der Waals surface area contributed by atoms with Crippen LogP contribution in [0.2, 0.25) is 0 Å². The molecule has 0 spiro atoms. The van der Waals surface area contributed by atoms with E-state index in [1.54, 1.807) is 0 Å². The average Bonchev–Trinajstić information content (AvgIpc) is 2.99. The zero-order valence-electron chi connectivity index (χ0n) is 10.8. The van der Waals surface area contributed by atoms with Crippen LogP contribution in [0.5, 0.6) is 0 Å². The third kappa shape index (κ3) is 2.78. The topological polar surface area (TPSA) is 29.1 Å². The lowest BCUT2D eigenvalue weighted by molar-refractivity contribution is -0.123. The van der Waals surface area contributed by atoms with Gasteiger partial charge in [-0.15, -0.1) is 0 Å². The zero-order valence-corrected chi connectivity index (χ0v) is 10.8. The monoisotopic (exact) mass is 223 g/mol. The summed E-state index contributed by atoms with van der Waals surface area (Å²) >= 11 is 0. The van der Waals surface area contributed by atoms with Crippen LogP contribution < -0.4 is 5.32 Å². The van der Waals surface area contributed by atoms with Crippen LogP contribution in [0, 0.1) is 23.7 Å². The van der Waals surface area contributed by atoms with E-state index in [0.717, 1.165) is 18.8 Å². The summed E-state index contributed by atoms with van der Waals surface area (Å²) in [6, 6.07) is 0.442. The van der Waals surface area contributed by atoms with E-state index in [2.05, 4.69) is 26.1 Å². The van der Waals surface area contributed by atoms with Gasteiger partial charge in [0.15, 0.2) is 0 Å². The van der Waals surface area contributed by atoms with Crippen LogP contribution in [0.4, 0.5) is 0 Å². The quantitative estimate of drug-likeness (QED) is 0.783. The van der Waals surface area contributed by atoms with Gasteiger partial charge < -0.3 is 5.32 Å². The van der Waals surface area contributed by atoms with E-state index in [1.807, 2.05) is 0 Å². The Morgan fingerprint density at radius 3 is 2.44 bits per heavy atom. The number of carbonyl (C=O) groups is 1. The maximum Gasteiger partial charge on any atom is 0.223 e. The maximum atomic E-state index is 11.8. The molecule has 0 aromatic carbocycles. The van der Waals surface area contributed by atoms with Gasteiger partial charge in [0.2, 0.25) is 5.91 Å². The first-order valence-electron chi connectivity index (χ1n) is 6.88. The molecule has 1 N–H and O–H groups in total. The number of hydrogen-bond donors (Lipinski definition) is 1. The molecule has 2 saturated carbocycles. The van der Waals surface area contributed by atoms with Crippen LogP contribution in [0.3, 0.4) is 0 Å². The van der Waals surface area contributed by atoms with Gasteiger partial charge in [-0.3, -0.25) is 4.79 Å². The van der Waals surface area contributed by atoms with Crippen molar-refractivity contribution in [2.45, 2.75) is 58.9 Å². The molecule has 16 heavy (non-hydrogen) atoms. The molecule has 2 fully saturated rings. The minimum Gasteiger partial charge on any atom is -0.353 e. The predicted octanol–water partition coefficient (Wildman–Crippen LogP) is 2.97. The Kier molecular flexibility index (Phi) is 3.56. The van der Waals surface area contributed by atoms with Crippen molar-refractivity contribution in [1.29, 1.82) is 0 Å². The van der Waals surface area contributed by atoms with Crippen molar-refractivity contribution in [2.24, 2.45) is 23.7 Å². The molecule has 1 amide bonds. The molecule has 2 heteroatoms. The van der Waals surface area contributed by atoms with E-state index in [4.69, 9.17) is 0 Å². The van der Waals surface area contributed by atoms with Crippen molar-refractivity contribution in [3.05, 3.63) is 0 Å². The van der Waals surface area contributed by atoms with Crippen LogP contribution in [0.25, 0.3) is 0 Å². The van der Waals surface area contributed by atoms with E-state index < -0.39 is 0 Å². The molecular formula is C14H25NO. The molecule has 0 saturated heterocycles. The summed E-state index contributed by atoms with van der Waals surface area (Å²) in [6.45, 7) is 6.89. The molecule has 92 valence electrons. The molecular weight excluding hydrogens is 198 g/mol. The molecule has 3 atom stereocenters. The molecule has 0 bridgehead atoms. The second kappa shape index (κ2) is 4.77. The van der Waals surface area contributed by atoms with Gasteiger partial charge in [0.1, 0.15) is 0 Å². The third-order valence-corrected chi connectivity index (χ3v) is 4.30. The number of hydrogen-bond acceptors (Lipinski definition) is 1. The summed E-state index contributed by atoms with van der Waals surface area (Å²) in [7, 11) is 0. The molecule has 1 unspecified atom stereocenters. The highest BCUT2D eigenvalue weighted by molar-refractivity contribution is 5.81. The Morgan fingerprint density at radius 1 is 1.19 bits per heavy atom. The second-order valence-corrected chi connectivity index (χ2v) is 6.22. The second-order valence-electron chi connectivity index (χ2n) is 6.22. The van der Waals surface area contributed by atoms with Gasteiger partial charge in [-0.2, -0.15) is 0 Å². The molecule has 2 rings (SSSR count). The Hall–Kier alpha value is -0.530. The molecule has 0 radical (unpaired) electrons. The maximum absolute atomic E-state index is 11.8. The van der Waals surface area contributed by atoms with Gasteiger partial charge in [0.25, 0.3) is 0 Å². The van der Waals surface area contributed by atoms with Gasteiger partial charge in [-0.25, -0.2) is 0 Å². The van der Waals surface area contributed by atoms with Gasteiger partial charge in [-0.05, 0) is 43.4 Å². The van der Waals surface area contributed by atoms with Crippen molar-refractivity contribution >= 4 is 5.91 Å². The Labute approximate surface area is 99.2 Å².